The Morgan fingerprint density at radius 2 is 2.26 bits per heavy atom. The maximum Gasteiger partial charge on any atom is 0.358 e. The molecule has 0 atom stereocenters. The number of carbonyl (C=O) groups excluding carboxylic acids is 1. The lowest BCUT2D eigenvalue weighted by atomic mass is 10.5. The largest absolute Gasteiger partial charge is 0.464 e. The topological polar surface area (TPSA) is 95.7 Å². The number of nitrogens with zero attached hydrogens (tertiary/aromatic N) is 6. The monoisotopic (exact) mass is 278 g/mol. The molecule has 2 aromatic heterocycles. The van der Waals surface area contributed by atoms with Gasteiger partial charge in [0.05, 0.1) is 25.5 Å². The highest BCUT2D eigenvalue weighted by Crippen LogP contribution is 2.37. The zero-order valence-corrected chi connectivity index (χ0v) is 10.9. The highest BCUT2D eigenvalue weighted by atomic mass is 32.2. The normalized spacial score (nSPS) is 14.4. The molecule has 2 heterocycles. The van der Waals surface area contributed by atoms with E-state index < -0.39 is 5.97 Å². The molecule has 0 bridgehead atoms. The molecule has 1 aliphatic carbocycles. The van der Waals surface area contributed by atoms with Crippen molar-refractivity contribution in [3.63, 3.8) is 0 Å². The van der Waals surface area contributed by atoms with Crippen LogP contribution in [0.25, 0.3) is 0 Å². The average Bonchev–Trinajstić information content (AvgIpc) is 3.19. The summed E-state index contributed by atoms with van der Waals surface area (Å²) in [6, 6.07) is 0.403. The summed E-state index contributed by atoms with van der Waals surface area (Å²) in [6.07, 6.45) is 5.08. The molecular formula is C10H10N6O2S. The molecule has 2 aromatic rings. The van der Waals surface area contributed by atoms with Crippen molar-refractivity contribution in [2.24, 2.45) is 0 Å². The molecule has 3 rings (SSSR count). The summed E-state index contributed by atoms with van der Waals surface area (Å²) >= 11 is 1.32. The predicted octanol–water partition coefficient (Wildman–Crippen LogP) is 0.736. The lowest BCUT2D eigenvalue weighted by Gasteiger charge is -2.02. The molecule has 0 amide bonds. The van der Waals surface area contributed by atoms with Crippen molar-refractivity contribution in [1.82, 2.24) is 30.2 Å². The Hall–Kier alpha value is -2.03. The van der Waals surface area contributed by atoms with Crippen LogP contribution >= 0.6 is 11.8 Å². The van der Waals surface area contributed by atoms with Gasteiger partial charge in [-0.15, -0.1) is 5.10 Å². The van der Waals surface area contributed by atoms with Gasteiger partial charge >= 0.3 is 5.97 Å². The molecule has 98 valence electrons. The van der Waals surface area contributed by atoms with E-state index in [1.165, 1.54) is 31.3 Å². The second-order valence-electron chi connectivity index (χ2n) is 3.97. The van der Waals surface area contributed by atoms with E-state index in [9.17, 15) is 4.79 Å². The summed E-state index contributed by atoms with van der Waals surface area (Å²) in [4.78, 5) is 19.3. The standard InChI is InChI=1S/C10H10N6O2S/c1-18-9(17)7-4-12-8(5-11-7)19-10-13-14-15-16(10)6-2-3-6/h4-6H,2-3H2,1H3. The van der Waals surface area contributed by atoms with E-state index in [1.54, 1.807) is 4.68 Å². The first-order valence-electron chi connectivity index (χ1n) is 5.64. The number of esters is 1. The summed E-state index contributed by atoms with van der Waals surface area (Å²) in [7, 11) is 1.30. The van der Waals surface area contributed by atoms with Gasteiger partial charge in [-0.05, 0) is 35.0 Å². The highest BCUT2D eigenvalue weighted by molar-refractivity contribution is 7.99. The van der Waals surface area contributed by atoms with E-state index >= 15 is 0 Å². The summed E-state index contributed by atoms with van der Waals surface area (Å²) in [5.41, 5.74) is 0.175. The summed E-state index contributed by atoms with van der Waals surface area (Å²) in [5, 5.41) is 12.9. The van der Waals surface area contributed by atoms with Crippen LogP contribution in [0, 0.1) is 0 Å². The molecule has 0 N–H and O–H groups in total. The van der Waals surface area contributed by atoms with Crippen LogP contribution in [-0.4, -0.2) is 43.3 Å². The van der Waals surface area contributed by atoms with Crippen LogP contribution in [0.2, 0.25) is 0 Å². The van der Waals surface area contributed by atoms with E-state index in [2.05, 4.69) is 30.2 Å². The quantitative estimate of drug-likeness (QED) is 0.755. The van der Waals surface area contributed by atoms with Gasteiger partial charge in [0.25, 0.3) is 0 Å². The van der Waals surface area contributed by atoms with Crippen molar-refractivity contribution in [2.45, 2.75) is 29.1 Å². The lowest BCUT2D eigenvalue weighted by Crippen LogP contribution is -2.05. The first-order chi connectivity index (χ1) is 9.28. The van der Waals surface area contributed by atoms with E-state index in [1.807, 2.05) is 0 Å². The Kier molecular flexibility index (Phi) is 3.11. The Morgan fingerprint density at radius 3 is 2.89 bits per heavy atom. The maximum atomic E-state index is 11.2. The Morgan fingerprint density at radius 1 is 1.42 bits per heavy atom. The van der Waals surface area contributed by atoms with Crippen molar-refractivity contribution in [3.05, 3.63) is 18.1 Å². The van der Waals surface area contributed by atoms with Crippen molar-refractivity contribution >= 4 is 17.7 Å². The molecule has 1 aliphatic rings. The number of hydrogen-bond acceptors (Lipinski definition) is 8. The summed E-state index contributed by atoms with van der Waals surface area (Å²) < 4.78 is 6.35. The molecule has 1 fully saturated rings. The van der Waals surface area contributed by atoms with Crippen LogP contribution in [0.3, 0.4) is 0 Å². The van der Waals surface area contributed by atoms with Gasteiger partial charge in [0.15, 0.2) is 5.69 Å². The van der Waals surface area contributed by atoms with Gasteiger partial charge in [0, 0.05) is 0 Å². The molecule has 0 aromatic carbocycles. The van der Waals surface area contributed by atoms with Gasteiger partial charge in [-0.3, -0.25) is 0 Å². The number of tetrazole rings is 1. The minimum absolute atomic E-state index is 0.175. The second kappa shape index (κ2) is 4.92. The zero-order valence-electron chi connectivity index (χ0n) is 10.1. The van der Waals surface area contributed by atoms with Gasteiger partial charge in [0.1, 0.15) is 5.03 Å². The van der Waals surface area contributed by atoms with Crippen LogP contribution in [0.5, 0.6) is 0 Å². The van der Waals surface area contributed by atoms with Crippen LogP contribution in [0.15, 0.2) is 22.6 Å². The third kappa shape index (κ3) is 2.55. The molecule has 0 spiro atoms. The minimum Gasteiger partial charge on any atom is -0.464 e. The molecule has 0 saturated heterocycles. The Bertz CT molecular complexity index is 594. The van der Waals surface area contributed by atoms with Crippen molar-refractivity contribution in [2.75, 3.05) is 7.11 Å². The van der Waals surface area contributed by atoms with Crippen molar-refractivity contribution in [1.29, 1.82) is 0 Å². The Balaban J connectivity index is 1.76. The number of aromatic nitrogens is 6. The number of rotatable bonds is 4. The minimum atomic E-state index is -0.508. The van der Waals surface area contributed by atoms with Gasteiger partial charge in [0.2, 0.25) is 5.16 Å². The fraction of sp³-hybridized carbons (Fsp3) is 0.400. The highest BCUT2D eigenvalue weighted by Gasteiger charge is 2.28. The van der Waals surface area contributed by atoms with E-state index in [0.717, 1.165) is 12.8 Å². The molecule has 1 saturated carbocycles. The van der Waals surface area contributed by atoms with Gasteiger partial charge in [-0.2, -0.15) is 0 Å². The number of carbonyl (C=O) groups is 1. The molecule has 19 heavy (non-hydrogen) atoms. The first kappa shape index (κ1) is 12.0. The Labute approximate surface area is 112 Å². The lowest BCUT2D eigenvalue weighted by molar-refractivity contribution is 0.0593. The third-order valence-electron chi connectivity index (χ3n) is 2.57. The second-order valence-corrected chi connectivity index (χ2v) is 4.96. The zero-order chi connectivity index (χ0) is 13.2. The van der Waals surface area contributed by atoms with Crippen LogP contribution < -0.4 is 0 Å². The van der Waals surface area contributed by atoms with Crippen LogP contribution in [0.4, 0.5) is 0 Å². The predicted molar refractivity (Wildman–Crippen MR) is 63.6 cm³/mol. The van der Waals surface area contributed by atoms with E-state index in [0.29, 0.717) is 16.2 Å². The molecule has 0 unspecified atom stereocenters. The molecule has 9 heteroatoms. The fourth-order valence-electron chi connectivity index (χ4n) is 1.47. The first-order valence-corrected chi connectivity index (χ1v) is 6.45. The van der Waals surface area contributed by atoms with Gasteiger partial charge in [-0.1, -0.05) is 0 Å². The SMILES string of the molecule is COC(=O)c1cnc(Sc2nnnn2C2CC2)cn1. The van der Waals surface area contributed by atoms with Crippen LogP contribution in [-0.2, 0) is 4.74 Å². The number of hydrogen-bond donors (Lipinski definition) is 0. The van der Waals surface area contributed by atoms with Crippen LogP contribution in [0.1, 0.15) is 29.4 Å². The van der Waals surface area contributed by atoms with Gasteiger partial charge < -0.3 is 4.74 Å². The fourth-order valence-corrected chi connectivity index (χ4v) is 2.23. The van der Waals surface area contributed by atoms with Gasteiger partial charge in [-0.25, -0.2) is 19.4 Å². The summed E-state index contributed by atoms with van der Waals surface area (Å²) in [6.45, 7) is 0. The average molecular weight is 278 g/mol. The van der Waals surface area contributed by atoms with Crippen molar-refractivity contribution in [3.8, 4) is 0 Å². The smallest absolute Gasteiger partial charge is 0.358 e. The van der Waals surface area contributed by atoms with E-state index in [4.69, 9.17) is 0 Å². The molecule has 8 nitrogen and oxygen atoms in total. The molecule has 0 aliphatic heterocycles. The molecule has 0 radical (unpaired) electrons. The number of methoxy groups -OCH3 is 1. The third-order valence-corrected chi connectivity index (χ3v) is 3.45. The number of ether oxygens (including phenoxy) is 1. The van der Waals surface area contributed by atoms with Crippen molar-refractivity contribution < 1.29 is 9.53 Å². The van der Waals surface area contributed by atoms with E-state index in [-0.39, 0.29) is 5.69 Å². The molecular weight excluding hydrogens is 268 g/mol. The summed E-state index contributed by atoms with van der Waals surface area (Å²) in [5.74, 6) is -0.508. The maximum absolute atomic E-state index is 11.2.